The first kappa shape index (κ1) is 14.9. The van der Waals surface area contributed by atoms with Crippen LogP contribution in [0.1, 0.15) is 31.1 Å². The van der Waals surface area contributed by atoms with E-state index in [1.807, 2.05) is 20.8 Å². The van der Waals surface area contributed by atoms with Crippen molar-refractivity contribution in [3.05, 3.63) is 29.6 Å². The second-order valence-corrected chi connectivity index (χ2v) is 4.63. The quantitative estimate of drug-likeness (QED) is 0.785. The number of anilines is 1. The van der Waals surface area contributed by atoms with E-state index in [1.165, 1.54) is 12.1 Å². The van der Waals surface area contributed by atoms with E-state index in [2.05, 4.69) is 10.6 Å². The maximum absolute atomic E-state index is 13.6. The Hall–Kier alpha value is -2.11. The zero-order chi connectivity index (χ0) is 14.6. The molecule has 6 heteroatoms. The van der Waals surface area contributed by atoms with Gasteiger partial charge in [0.15, 0.2) is 0 Å². The highest BCUT2D eigenvalue weighted by Crippen LogP contribution is 2.15. The molecule has 0 aliphatic heterocycles. The van der Waals surface area contributed by atoms with Crippen molar-refractivity contribution in [1.29, 1.82) is 0 Å². The van der Waals surface area contributed by atoms with Gasteiger partial charge in [-0.2, -0.15) is 0 Å². The van der Waals surface area contributed by atoms with Crippen LogP contribution in [0.3, 0.4) is 0 Å². The second kappa shape index (κ2) is 6.17. The third kappa shape index (κ3) is 4.24. The highest BCUT2D eigenvalue weighted by Gasteiger charge is 2.13. The monoisotopic (exact) mass is 268 g/mol. The van der Waals surface area contributed by atoms with E-state index >= 15 is 0 Å². The molecule has 5 nitrogen and oxygen atoms in total. The number of hydrogen-bond donors (Lipinski definition) is 3. The molecule has 1 aromatic carbocycles. The predicted molar refractivity (Wildman–Crippen MR) is 69.8 cm³/mol. The largest absolute Gasteiger partial charge is 0.478 e. The number of carboxylic acid groups (broad SMARTS) is 1. The van der Waals surface area contributed by atoms with E-state index in [4.69, 9.17) is 5.11 Å². The van der Waals surface area contributed by atoms with Crippen LogP contribution in [0.25, 0.3) is 0 Å². The Morgan fingerprint density at radius 1 is 1.26 bits per heavy atom. The molecule has 0 heterocycles. The Morgan fingerprint density at radius 3 is 2.37 bits per heavy atom. The van der Waals surface area contributed by atoms with Gasteiger partial charge >= 0.3 is 12.0 Å². The molecule has 0 fully saturated rings. The number of halogens is 1. The summed E-state index contributed by atoms with van der Waals surface area (Å²) < 4.78 is 13.6. The van der Waals surface area contributed by atoms with Crippen molar-refractivity contribution in [3.63, 3.8) is 0 Å². The molecule has 0 saturated heterocycles. The van der Waals surface area contributed by atoms with Crippen LogP contribution in [-0.2, 0) is 0 Å². The maximum atomic E-state index is 13.6. The van der Waals surface area contributed by atoms with Crippen LogP contribution in [0.2, 0.25) is 0 Å². The van der Waals surface area contributed by atoms with Gasteiger partial charge in [-0.25, -0.2) is 14.0 Å². The molecule has 0 radical (unpaired) electrons. The van der Waals surface area contributed by atoms with Crippen molar-refractivity contribution >= 4 is 17.7 Å². The summed E-state index contributed by atoms with van der Waals surface area (Å²) in [5, 5.41) is 13.7. The zero-order valence-electron chi connectivity index (χ0n) is 11.0. The van der Waals surface area contributed by atoms with Gasteiger partial charge in [-0.3, -0.25) is 0 Å². The van der Waals surface area contributed by atoms with E-state index in [0.29, 0.717) is 0 Å². The van der Waals surface area contributed by atoms with E-state index in [-0.39, 0.29) is 23.2 Å². The van der Waals surface area contributed by atoms with Crippen LogP contribution in [-0.4, -0.2) is 23.1 Å². The standard InChI is InChI=1S/C13H17FN2O3/c1-7(2)8(3)15-13(19)16-11-5-4-9(12(17)18)6-10(11)14/h4-8H,1-3H3,(H,17,18)(H2,15,16,19). The number of aromatic carboxylic acids is 1. The number of rotatable bonds is 4. The Morgan fingerprint density at radius 2 is 1.89 bits per heavy atom. The SMILES string of the molecule is CC(C)C(C)NC(=O)Nc1ccc(C(=O)O)cc1F. The van der Waals surface area contributed by atoms with E-state index < -0.39 is 17.8 Å². The van der Waals surface area contributed by atoms with Crippen LogP contribution in [0.5, 0.6) is 0 Å². The highest BCUT2D eigenvalue weighted by molar-refractivity contribution is 5.91. The van der Waals surface area contributed by atoms with Gasteiger partial charge in [-0.05, 0) is 31.0 Å². The number of carboxylic acids is 1. The van der Waals surface area contributed by atoms with Crippen molar-refractivity contribution in [2.45, 2.75) is 26.8 Å². The Kier molecular flexibility index (Phi) is 4.86. The molecule has 19 heavy (non-hydrogen) atoms. The highest BCUT2D eigenvalue weighted by atomic mass is 19.1. The lowest BCUT2D eigenvalue weighted by Gasteiger charge is -2.18. The normalized spacial score (nSPS) is 12.1. The van der Waals surface area contributed by atoms with Crippen LogP contribution in [0, 0.1) is 11.7 Å². The number of carbonyl (C=O) groups is 2. The molecule has 2 amide bonds. The smallest absolute Gasteiger partial charge is 0.335 e. The fraction of sp³-hybridized carbons (Fsp3) is 0.385. The third-order valence-electron chi connectivity index (χ3n) is 2.82. The minimum Gasteiger partial charge on any atom is -0.478 e. The summed E-state index contributed by atoms with van der Waals surface area (Å²) in [4.78, 5) is 22.2. The molecular weight excluding hydrogens is 251 g/mol. The van der Waals surface area contributed by atoms with Gasteiger partial charge in [0.1, 0.15) is 5.82 Å². The predicted octanol–water partition coefficient (Wildman–Crippen LogP) is 2.69. The molecule has 1 rings (SSSR count). The van der Waals surface area contributed by atoms with Gasteiger partial charge in [-0.15, -0.1) is 0 Å². The lowest BCUT2D eigenvalue weighted by molar-refractivity contribution is 0.0696. The van der Waals surface area contributed by atoms with Crippen molar-refractivity contribution in [2.24, 2.45) is 5.92 Å². The fourth-order valence-corrected chi connectivity index (χ4v) is 1.28. The minimum absolute atomic E-state index is 0.0543. The molecule has 0 aliphatic carbocycles. The summed E-state index contributed by atoms with van der Waals surface area (Å²) in [5.41, 5.74) is -0.225. The van der Waals surface area contributed by atoms with Crippen LogP contribution in [0.4, 0.5) is 14.9 Å². The van der Waals surface area contributed by atoms with Crippen molar-refractivity contribution in [1.82, 2.24) is 5.32 Å². The van der Waals surface area contributed by atoms with Gasteiger partial charge in [0, 0.05) is 6.04 Å². The van der Waals surface area contributed by atoms with Crippen LogP contribution >= 0.6 is 0 Å². The first-order valence-electron chi connectivity index (χ1n) is 5.91. The van der Waals surface area contributed by atoms with Gasteiger partial charge in [-0.1, -0.05) is 13.8 Å². The van der Waals surface area contributed by atoms with E-state index in [1.54, 1.807) is 0 Å². The van der Waals surface area contributed by atoms with Crippen LogP contribution < -0.4 is 10.6 Å². The molecule has 1 unspecified atom stereocenters. The average Bonchev–Trinajstić information content (AvgIpc) is 2.31. The molecule has 1 atom stereocenters. The summed E-state index contributed by atoms with van der Waals surface area (Å²) in [7, 11) is 0. The van der Waals surface area contributed by atoms with Crippen molar-refractivity contribution in [2.75, 3.05) is 5.32 Å². The Balaban J connectivity index is 2.72. The van der Waals surface area contributed by atoms with Gasteiger partial charge in [0.05, 0.1) is 11.3 Å². The first-order chi connectivity index (χ1) is 8.81. The topological polar surface area (TPSA) is 78.4 Å². The number of amides is 2. The van der Waals surface area contributed by atoms with Gasteiger partial charge in [0.25, 0.3) is 0 Å². The molecule has 0 spiro atoms. The molecule has 0 saturated carbocycles. The third-order valence-corrected chi connectivity index (χ3v) is 2.82. The zero-order valence-corrected chi connectivity index (χ0v) is 11.0. The summed E-state index contributed by atoms with van der Waals surface area (Å²) in [6.07, 6.45) is 0. The lowest BCUT2D eigenvalue weighted by Crippen LogP contribution is -2.39. The molecule has 0 aromatic heterocycles. The number of hydrogen-bond acceptors (Lipinski definition) is 2. The molecule has 1 aromatic rings. The average molecular weight is 268 g/mol. The maximum Gasteiger partial charge on any atom is 0.335 e. The van der Waals surface area contributed by atoms with Crippen LogP contribution in [0.15, 0.2) is 18.2 Å². The van der Waals surface area contributed by atoms with Crippen molar-refractivity contribution in [3.8, 4) is 0 Å². The van der Waals surface area contributed by atoms with Gasteiger partial charge in [0.2, 0.25) is 0 Å². The van der Waals surface area contributed by atoms with Crippen molar-refractivity contribution < 1.29 is 19.1 Å². The fourth-order valence-electron chi connectivity index (χ4n) is 1.28. The summed E-state index contributed by atoms with van der Waals surface area (Å²) in [5.74, 6) is -1.75. The number of benzene rings is 1. The summed E-state index contributed by atoms with van der Waals surface area (Å²) >= 11 is 0. The van der Waals surface area contributed by atoms with E-state index in [9.17, 15) is 14.0 Å². The molecule has 3 N–H and O–H groups in total. The number of carbonyl (C=O) groups excluding carboxylic acids is 1. The molecule has 104 valence electrons. The van der Waals surface area contributed by atoms with Gasteiger partial charge < -0.3 is 15.7 Å². The molecular formula is C13H17FN2O3. The molecule has 0 bridgehead atoms. The minimum atomic E-state index is -1.22. The first-order valence-corrected chi connectivity index (χ1v) is 5.91. The van der Waals surface area contributed by atoms with E-state index in [0.717, 1.165) is 6.07 Å². The summed E-state index contributed by atoms with van der Waals surface area (Å²) in [6.45, 7) is 5.74. The lowest BCUT2D eigenvalue weighted by atomic mass is 10.1. The number of nitrogens with one attached hydrogen (secondary N) is 2. The second-order valence-electron chi connectivity index (χ2n) is 4.63. The Labute approximate surface area is 110 Å². The summed E-state index contributed by atoms with van der Waals surface area (Å²) in [6, 6.07) is 2.74. The Bertz CT molecular complexity index is 489. The molecule has 0 aliphatic rings. The number of urea groups is 1.